The molecule has 2 N–H and O–H groups in total. The smallest absolute Gasteiger partial charge is 0.275 e. The molecule has 1 amide bonds. The van der Waals surface area contributed by atoms with E-state index in [2.05, 4.69) is 25.5 Å². The summed E-state index contributed by atoms with van der Waals surface area (Å²) in [7, 11) is 3.10. The molecular weight excluding hydrogens is 362 g/mol. The summed E-state index contributed by atoms with van der Waals surface area (Å²) in [5.41, 5.74) is 0.811. The van der Waals surface area contributed by atoms with E-state index in [-0.39, 0.29) is 11.6 Å². The van der Waals surface area contributed by atoms with Crippen LogP contribution in [0.15, 0.2) is 30.6 Å². The molecular formula is C19H25N5O4. The lowest BCUT2D eigenvalue weighted by Gasteiger charge is -2.26. The summed E-state index contributed by atoms with van der Waals surface area (Å²) in [5, 5.41) is 5.99. The summed E-state index contributed by atoms with van der Waals surface area (Å²) < 4.78 is 15.8. The number of nitrogens with zero attached hydrogens (tertiary/aromatic N) is 3. The highest BCUT2D eigenvalue weighted by Crippen LogP contribution is 2.29. The Morgan fingerprint density at radius 3 is 2.61 bits per heavy atom. The number of anilines is 2. The molecule has 1 saturated heterocycles. The minimum Gasteiger partial charge on any atom is -0.493 e. The van der Waals surface area contributed by atoms with E-state index in [9.17, 15) is 4.79 Å². The van der Waals surface area contributed by atoms with Gasteiger partial charge in [0.15, 0.2) is 11.5 Å². The third-order valence-corrected chi connectivity index (χ3v) is 4.36. The van der Waals surface area contributed by atoms with E-state index < -0.39 is 0 Å². The van der Waals surface area contributed by atoms with Crippen LogP contribution < -0.4 is 20.1 Å². The zero-order valence-corrected chi connectivity index (χ0v) is 16.1. The lowest BCUT2D eigenvalue weighted by Crippen LogP contribution is -2.39. The average molecular weight is 387 g/mol. The zero-order chi connectivity index (χ0) is 19.8. The van der Waals surface area contributed by atoms with Crippen LogP contribution in [0, 0.1) is 0 Å². The summed E-state index contributed by atoms with van der Waals surface area (Å²) in [5.74, 6) is 1.41. The van der Waals surface area contributed by atoms with Gasteiger partial charge in [0.05, 0.1) is 39.8 Å². The number of ether oxygens (including phenoxy) is 3. The van der Waals surface area contributed by atoms with E-state index in [0.29, 0.717) is 23.0 Å². The van der Waals surface area contributed by atoms with Crippen LogP contribution in [0.2, 0.25) is 0 Å². The van der Waals surface area contributed by atoms with Crippen molar-refractivity contribution in [1.29, 1.82) is 0 Å². The molecule has 0 unspecified atom stereocenters. The monoisotopic (exact) mass is 387 g/mol. The number of methoxy groups -OCH3 is 2. The van der Waals surface area contributed by atoms with Gasteiger partial charge in [-0.05, 0) is 12.1 Å². The quantitative estimate of drug-likeness (QED) is 0.703. The first-order valence-corrected chi connectivity index (χ1v) is 9.09. The highest BCUT2D eigenvalue weighted by molar-refractivity contribution is 6.02. The van der Waals surface area contributed by atoms with Crippen LogP contribution in [0.1, 0.15) is 10.5 Å². The Hall–Kier alpha value is -2.91. The van der Waals surface area contributed by atoms with Crippen molar-refractivity contribution in [3.05, 3.63) is 36.3 Å². The Morgan fingerprint density at radius 1 is 1.14 bits per heavy atom. The lowest BCUT2D eigenvalue weighted by atomic mass is 10.2. The summed E-state index contributed by atoms with van der Waals surface area (Å²) >= 11 is 0. The van der Waals surface area contributed by atoms with Gasteiger partial charge in [0.25, 0.3) is 5.91 Å². The molecule has 9 nitrogen and oxygen atoms in total. The van der Waals surface area contributed by atoms with Gasteiger partial charge < -0.3 is 24.8 Å². The van der Waals surface area contributed by atoms with Crippen molar-refractivity contribution in [2.24, 2.45) is 0 Å². The number of carbonyl (C=O) groups excluding carboxylic acids is 1. The molecule has 9 heteroatoms. The normalized spacial score (nSPS) is 14.4. The van der Waals surface area contributed by atoms with Gasteiger partial charge in [-0.3, -0.25) is 9.69 Å². The van der Waals surface area contributed by atoms with E-state index in [4.69, 9.17) is 14.2 Å². The fraction of sp³-hybridized carbons (Fsp3) is 0.421. The lowest BCUT2D eigenvalue weighted by molar-refractivity contribution is 0.0398. The molecule has 28 heavy (non-hydrogen) atoms. The maximum atomic E-state index is 12.4. The van der Waals surface area contributed by atoms with Gasteiger partial charge in [-0.25, -0.2) is 9.97 Å². The molecule has 0 atom stereocenters. The van der Waals surface area contributed by atoms with Crippen LogP contribution in [0.5, 0.6) is 11.5 Å². The predicted octanol–water partition coefficient (Wildman–Crippen LogP) is 1.49. The Balaban J connectivity index is 1.51. The molecule has 0 bridgehead atoms. The SMILES string of the molecule is COc1ccc(NC(=O)c2cnc(NCCN3CCOCC3)cn2)cc1OC. The molecule has 0 spiro atoms. The molecule has 1 aliphatic heterocycles. The standard InChI is InChI=1S/C19H25N5O4/c1-26-16-4-3-14(11-17(16)27-2)23-19(25)15-12-22-18(13-21-15)20-5-6-24-7-9-28-10-8-24/h3-4,11-13H,5-10H2,1-2H3,(H,20,22)(H,23,25). The van der Waals surface area contributed by atoms with Crippen LogP contribution >= 0.6 is 0 Å². The van der Waals surface area contributed by atoms with Crippen LogP contribution in [-0.2, 0) is 4.74 Å². The first-order valence-electron chi connectivity index (χ1n) is 9.09. The van der Waals surface area contributed by atoms with Gasteiger partial charge in [0.1, 0.15) is 11.5 Å². The molecule has 2 heterocycles. The largest absolute Gasteiger partial charge is 0.493 e. The average Bonchev–Trinajstić information content (AvgIpc) is 2.75. The fourth-order valence-corrected chi connectivity index (χ4v) is 2.81. The maximum Gasteiger partial charge on any atom is 0.275 e. The Labute approximate surface area is 164 Å². The van der Waals surface area contributed by atoms with E-state index in [1.165, 1.54) is 6.20 Å². The van der Waals surface area contributed by atoms with E-state index in [1.807, 2.05) is 0 Å². The Morgan fingerprint density at radius 2 is 1.93 bits per heavy atom. The highest BCUT2D eigenvalue weighted by atomic mass is 16.5. The second-order valence-electron chi connectivity index (χ2n) is 6.19. The summed E-state index contributed by atoms with van der Waals surface area (Å²) in [6.45, 7) is 5.12. The molecule has 0 radical (unpaired) electrons. The van der Waals surface area contributed by atoms with Crippen LogP contribution in [0.4, 0.5) is 11.5 Å². The van der Waals surface area contributed by atoms with Crippen LogP contribution in [0.25, 0.3) is 0 Å². The van der Waals surface area contributed by atoms with Gasteiger partial charge in [0.2, 0.25) is 0 Å². The summed E-state index contributed by atoms with van der Waals surface area (Å²) in [6.07, 6.45) is 3.01. The molecule has 0 aliphatic carbocycles. The minimum absolute atomic E-state index is 0.230. The summed E-state index contributed by atoms with van der Waals surface area (Å²) in [4.78, 5) is 23.2. The third kappa shape index (κ3) is 5.30. The second kappa shape index (κ2) is 9.86. The molecule has 1 aliphatic rings. The number of carbonyl (C=O) groups is 1. The molecule has 2 aromatic rings. The number of morpholine rings is 1. The first-order chi connectivity index (χ1) is 13.7. The van der Waals surface area contributed by atoms with Gasteiger partial charge >= 0.3 is 0 Å². The highest BCUT2D eigenvalue weighted by Gasteiger charge is 2.12. The topological polar surface area (TPSA) is 97.8 Å². The number of hydrogen-bond acceptors (Lipinski definition) is 8. The van der Waals surface area contributed by atoms with E-state index in [0.717, 1.165) is 39.4 Å². The van der Waals surface area contributed by atoms with Gasteiger partial charge in [-0.2, -0.15) is 0 Å². The molecule has 150 valence electrons. The molecule has 1 aromatic carbocycles. The number of benzene rings is 1. The number of aromatic nitrogens is 2. The van der Waals surface area contributed by atoms with Gasteiger partial charge in [-0.15, -0.1) is 0 Å². The van der Waals surface area contributed by atoms with Crippen molar-refractivity contribution in [2.45, 2.75) is 0 Å². The number of amides is 1. The Kier molecular flexibility index (Phi) is 6.99. The number of rotatable bonds is 8. The maximum absolute atomic E-state index is 12.4. The van der Waals surface area contributed by atoms with Crippen molar-refractivity contribution in [1.82, 2.24) is 14.9 Å². The van der Waals surface area contributed by atoms with Gasteiger partial charge in [-0.1, -0.05) is 0 Å². The second-order valence-corrected chi connectivity index (χ2v) is 6.19. The molecule has 0 saturated carbocycles. The molecule has 3 rings (SSSR count). The minimum atomic E-state index is -0.348. The number of nitrogens with one attached hydrogen (secondary N) is 2. The fourth-order valence-electron chi connectivity index (χ4n) is 2.81. The van der Waals surface area contributed by atoms with Crippen molar-refractivity contribution in [3.8, 4) is 11.5 Å². The zero-order valence-electron chi connectivity index (χ0n) is 16.1. The van der Waals surface area contributed by atoms with E-state index in [1.54, 1.807) is 38.6 Å². The third-order valence-electron chi connectivity index (χ3n) is 4.36. The van der Waals surface area contributed by atoms with Crippen LogP contribution in [0.3, 0.4) is 0 Å². The predicted molar refractivity (Wildman–Crippen MR) is 105 cm³/mol. The van der Waals surface area contributed by atoms with Gasteiger partial charge in [0, 0.05) is 37.9 Å². The molecule has 1 aromatic heterocycles. The van der Waals surface area contributed by atoms with Crippen molar-refractivity contribution in [3.63, 3.8) is 0 Å². The molecule has 1 fully saturated rings. The van der Waals surface area contributed by atoms with E-state index >= 15 is 0 Å². The Bertz CT molecular complexity index is 778. The first kappa shape index (κ1) is 19.8. The van der Waals surface area contributed by atoms with Crippen molar-refractivity contribution >= 4 is 17.4 Å². The van der Waals surface area contributed by atoms with Crippen LogP contribution in [-0.4, -0.2) is 74.4 Å². The summed E-state index contributed by atoms with van der Waals surface area (Å²) in [6, 6.07) is 5.14. The van der Waals surface area contributed by atoms with Crippen molar-refractivity contribution in [2.75, 3.05) is 64.2 Å². The van der Waals surface area contributed by atoms with Crippen molar-refractivity contribution < 1.29 is 19.0 Å². The number of hydrogen-bond donors (Lipinski definition) is 2.